The molecule has 1 atom stereocenters. The topological polar surface area (TPSA) is 86.6 Å². The lowest BCUT2D eigenvalue weighted by atomic mass is 10.1. The molecule has 0 spiro atoms. The fourth-order valence-corrected chi connectivity index (χ4v) is 1.71. The van der Waals surface area contributed by atoms with Crippen molar-refractivity contribution in [3.05, 3.63) is 29.8 Å². The van der Waals surface area contributed by atoms with Gasteiger partial charge in [0.05, 0.1) is 6.42 Å². The summed E-state index contributed by atoms with van der Waals surface area (Å²) >= 11 is 0. The molecule has 3 N–H and O–H groups in total. The number of rotatable bonds is 7. The van der Waals surface area contributed by atoms with Crippen molar-refractivity contribution < 1.29 is 19.8 Å². The Balaban J connectivity index is 2.52. The Labute approximate surface area is 112 Å². The number of carboxylic acid groups (broad SMARTS) is 1. The summed E-state index contributed by atoms with van der Waals surface area (Å²) in [5.41, 5.74) is 0.731. The molecule has 0 saturated carbocycles. The van der Waals surface area contributed by atoms with Crippen LogP contribution < -0.4 is 5.32 Å². The number of hydrogen-bond acceptors (Lipinski definition) is 3. The van der Waals surface area contributed by atoms with Crippen molar-refractivity contribution in [1.29, 1.82) is 0 Å². The minimum absolute atomic E-state index is 0.107. The average Bonchev–Trinajstić information content (AvgIpc) is 2.37. The first-order valence-corrected chi connectivity index (χ1v) is 6.33. The van der Waals surface area contributed by atoms with E-state index in [4.69, 9.17) is 10.2 Å². The molecule has 104 valence electrons. The van der Waals surface area contributed by atoms with Gasteiger partial charge in [-0.3, -0.25) is 4.79 Å². The first-order chi connectivity index (χ1) is 9.02. The van der Waals surface area contributed by atoms with Crippen LogP contribution in [0.5, 0.6) is 5.75 Å². The summed E-state index contributed by atoms with van der Waals surface area (Å²) < 4.78 is 0. The number of phenolic OH excluding ortho intramolecular Hbond substituents is 1. The highest BCUT2D eigenvalue weighted by molar-refractivity contribution is 5.84. The van der Waals surface area contributed by atoms with Gasteiger partial charge in [-0.05, 0) is 24.1 Å². The SMILES string of the molecule is CCCC[C@H](NC(=O)Cc1ccc(O)cc1)C(=O)O. The molecule has 0 fully saturated rings. The number of carboxylic acids is 1. The van der Waals surface area contributed by atoms with E-state index < -0.39 is 12.0 Å². The third kappa shape index (κ3) is 5.42. The Morgan fingerprint density at radius 3 is 2.42 bits per heavy atom. The molecule has 0 bridgehead atoms. The minimum atomic E-state index is -1.01. The van der Waals surface area contributed by atoms with Gasteiger partial charge in [-0.1, -0.05) is 31.9 Å². The van der Waals surface area contributed by atoms with Gasteiger partial charge < -0.3 is 15.5 Å². The molecule has 1 rings (SSSR count). The molecule has 0 aromatic heterocycles. The predicted octanol–water partition coefficient (Wildman–Crippen LogP) is 1.69. The van der Waals surface area contributed by atoms with Gasteiger partial charge in [0.25, 0.3) is 0 Å². The molecule has 1 aromatic rings. The Hall–Kier alpha value is -2.04. The predicted molar refractivity (Wildman–Crippen MR) is 70.9 cm³/mol. The molecule has 0 radical (unpaired) electrons. The highest BCUT2D eigenvalue weighted by atomic mass is 16.4. The van der Waals surface area contributed by atoms with Crippen LogP contribution in [-0.2, 0) is 16.0 Å². The summed E-state index contributed by atoms with van der Waals surface area (Å²) in [5.74, 6) is -1.20. The second kappa shape index (κ2) is 7.41. The van der Waals surface area contributed by atoms with Crippen LogP contribution in [-0.4, -0.2) is 28.1 Å². The van der Waals surface area contributed by atoms with Crippen LogP contribution in [0, 0.1) is 0 Å². The van der Waals surface area contributed by atoms with Crippen molar-refractivity contribution in [3.63, 3.8) is 0 Å². The molecule has 0 aliphatic heterocycles. The van der Waals surface area contributed by atoms with Crippen molar-refractivity contribution in [2.45, 2.75) is 38.6 Å². The van der Waals surface area contributed by atoms with E-state index in [9.17, 15) is 9.59 Å². The first-order valence-electron chi connectivity index (χ1n) is 6.33. The van der Waals surface area contributed by atoms with Gasteiger partial charge in [0.1, 0.15) is 11.8 Å². The fraction of sp³-hybridized carbons (Fsp3) is 0.429. The molecule has 19 heavy (non-hydrogen) atoms. The zero-order valence-electron chi connectivity index (χ0n) is 10.9. The number of hydrogen-bond donors (Lipinski definition) is 3. The zero-order chi connectivity index (χ0) is 14.3. The Morgan fingerprint density at radius 2 is 1.89 bits per heavy atom. The summed E-state index contributed by atoms with van der Waals surface area (Å²) in [5, 5.41) is 20.6. The molecule has 0 heterocycles. The fourth-order valence-electron chi connectivity index (χ4n) is 1.71. The largest absolute Gasteiger partial charge is 0.508 e. The summed E-state index contributed by atoms with van der Waals surface area (Å²) in [4.78, 5) is 22.7. The number of carbonyl (C=O) groups is 2. The van der Waals surface area contributed by atoms with Crippen LogP contribution in [0.3, 0.4) is 0 Å². The van der Waals surface area contributed by atoms with E-state index in [1.54, 1.807) is 12.1 Å². The van der Waals surface area contributed by atoms with Gasteiger partial charge in [-0.25, -0.2) is 4.79 Å². The van der Waals surface area contributed by atoms with E-state index in [0.717, 1.165) is 18.4 Å². The highest BCUT2D eigenvalue weighted by Crippen LogP contribution is 2.10. The number of carbonyl (C=O) groups excluding carboxylic acids is 1. The van der Waals surface area contributed by atoms with Crippen molar-refractivity contribution in [2.24, 2.45) is 0 Å². The Morgan fingerprint density at radius 1 is 1.26 bits per heavy atom. The molecule has 0 aliphatic rings. The molecule has 1 aromatic carbocycles. The summed E-state index contributed by atoms with van der Waals surface area (Å²) in [7, 11) is 0. The van der Waals surface area contributed by atoms with Crippen molar-refractivity contribution >= 4 is 11.9 Å². The summed E-state index contributed by atoms with van der Waals surface area (Å²) in [6, 6.07) is 5.43. The second-order valence-electron chi connectivity index (χ2n) is 4.44. The van der Waals surface area contributed by atoms with Crippen LogP contribution in [0.2, 0.25) is 0 Å². The highest BCUT2D eigenvalue weighted by Gasteiger charge is 2.19. The van der Waals surface area contributed by atoms with Crippen LogP contribution in [0.1, 0.15) is 31.7 Å². The van der Waals surface area contributed by atoms with Crippen molar-refractivity contribution in [3.8, 4) is 5.75 Å². The lowest BCUT2D eigenvalue weighted by molar-refractivity contribution is -0.142. The lowest BCUT2D eigenvalue weighted by Crippen LogP contribution is -2.41. The molecule has 0 unspecified atom stereocenters. The number of aromatic hydroxyl groups is 1. The molecule has 5 heteroatoms. The number of benzene rings is 1. The van der Waals surface area contributed by atoms with E-state index in [1.165, 1.54) is 12.1 Å². The van der Waals surface area contributed by atoms with Gasteiger partial charge in [0, 0.05) is 0 Å². The molecule has 0 saturated heterocycles. The van der Waals surface area contributed by atoms with E-state index in [2.05, 4.69) is 5.32 Å². The van der Waals surface area contributed by atoms with Crippen LogP contribution in [0.4, 0.5) is 0 Å². The quantitative estimate of drug-likeness (QED) is 0.700. The van der Waals surface area contributed by atoms with E-state index >= 15 is 0 Å². The van der Waals surface area contributed by atoms with Crippen LogP contribution >= 0.6 is 0 Å². The Kier molecular flexibility index (Phi) is 5.85. The first kappa shape index (κ1) is 15.0. The molecular formula is C14H19NO4. The molecule has 1 amide bonds. The maximum atomic E-state index is 11.7. The van der Waals surface area contributed by atoms with Crippen LogP contribution in [0.15, 0.2) is 24.3 Å². The van der Waals surface area contributed by atoms with Gasteiger partial charge in [0.2, 0.25) is 5.91 Å². The van der Waals surface area contributed by atoms with Crippen molar-refractivity contribution in [1.82, 2.24) is 5.32 Å². The standard InChI is InChI=1S/C14H19NO4/c1-2-3-4-12(14(18)19)15-13(17)9-10-5-7-11(16)8-6-10/h5-8,12,16H,2-4,9H2,1H3,(H,15,17)(H,18,19)/t12-/m0/s1. The summed E-state index contributed by atoms with van der Waals surface area (Å²) in [6.07, 6.45) is 2.19. The smallest absolute Gasteiger partial charge is 0.326 e. The van der Waals surface area contributed by atoms with Gasteiger partial charge in [-0.15, -0.1) is 0 Å². The maximum absolute atomic E-state index is 11.7. The maximum Gasteiger partial charge on any atom is 0.326 e. The Bertz CT molecular complexity index is 428. The molecule has 0 aliphatic carbocycles. The second-order valence-corrected chi connectivity index (χ2v) is 4.44. The molecular weight excluding hydrogens is 246 g/mol. The third-order valence-corrected chi connectivity index (χ3v) is 2.78. The normalized spacial score (nSPS) is 11.8. The lowest BCUT2D eigenvalue weighted by Gasteiger charge is -2.14. The van der Waals surface area contributed by atoms with Crippen LogP contribution in [0.25, 0.3) is 0 Å². The average molecular weight is 265 g/mol. The number of unbranched alkanes of at least 4 members (excludes halogenated alkanes) is 1. The van der Waals surface area contributed by atoms with Crippen molar-refractivity contribution in [2.75, 3.05) is 0 Å². The monoisotopic (exact) mass is 265 g/mol. The zero-order valence-corrected chi connectivity index (χ0v) is 10.9. The number of aliphatic carboxylic acids is 1. The van der Waals surface area contributed by atoms with E-state index in [0.29, 0.717) is 6.42 Å². The van der Waals surface area contributed by atoms with Gasteiger partial charge in [0.15, 0.2) is 0 Å². The number of nitrogens with one attached hydrogen (secondary N) is 1. The number of phenols is 1. The van der Waals surface area contributed by atoms with Gasteiger partial charge in [-0.2, -0.15) is 0 Å². The van der Waals surface area contributed by atoms with Gasteiger partial charge >= 0.3 is 5.97 Å². The summed E-state index contributed by atoms with van der Waals surface area (Å²) in [6.45, 7) is 1.97. The number of amides is 1. The minimum Gasteiger partial charge on any atom is -0.508 e. The van der Waals surface area contributed by atoms with E-state index in [-0.39, 0.29) is 18.1 Å². The molecule has 5 nitrogen and oxygen atoms in total. The van der Waals surface area contributed by atoms with E-state index in [1.807, 2.05) is 6.92 Å². The third-order valence-electron chi connectivity index (χ3n) is 2.78.